The Morgan fingerprint density at radius 3 is 2.85 bits per heavy atom. The van der Waals surface area contributed by atoms with Crippen LogP contribution in [0.4, 0.5) is 0 Å². The Balaban J connectivity index is 1.32. The second kappa shape index (κ2) is 7.99. The number of fused-ring (bicyclic) bond motifs is 1. The van der Waals surface area contributed by atoms with Crippen molar-refractivity contribution in [1.82, 2.24) is 25.5 Å². The minimum absolute atomic E-state index is 0.0533. The Hall–Kier alpha value is -3.22. The normalized spacial score (nSPS) is 16.1. The number of hydrogen-bond donors (Lipinski definition) is 1. The summed E-state index contributed by atoms with van der Waals surface area (Å²) in [6.07, 6.45) is 3.41. The van der Waals surface area contributed by atoms with Gasteiger partial charge in [-0.1, -0.05) is 30.3 Å². The Morgan fingerprint density at radius 2 is 2.04 bits per heavy atom. The Bertz CT molecular complexity index is 893. The summed E-state index contributed by atoms with van der Waals surface area (Å²) in [5.74, 6) is 1.28. The smallest absolute Gasteiger partial charge is 0.251 e. The van der Waals surface area contributed by atoms with E-state index in [4.69, 9.17) is 4.74 Å². The molecule has 0 spiro atoms. The lowest BCUT2D eigenvalue weighted by atomic mass is 9.97. The van der Waals surface area contributed by atoms with Crippen LogP contribution in [0.5, 0.6) is 5.75 Å². The maximum Gasteiger partial charge on any atom is 0.251 e. The largest absolute Gasteiger partial charge is 0.493 e. The number of hydrogen-bond acceptors (Lipinski definition) is 5. The van der Waals surface area contributed by atoms with E-state index in [1.165, 1.54) is 5.56 Å². The summed E-state index contributed by atoms with van der Waals surface area (Å²) in [6, 6.07) is 15.6. The molecule has 27 heavy (non-hydrogen) atoms. The molecule has 3 aromatic rings. The summed E-state index contributed by atoms with van der Waals surface area (Å²) in [5, 5.41) is 14.1. The molecule has 1 amide bonds. The number of aromatic nitrogens is 4. The minimum Gasteiger partial charge on any atom is -0.493 e. The topological polar surface area (TPSA) is 81.9 Å². The molecule has 0 saturated carbocycles. The number of carbonyl (C=O) groups is 1. The molecule has 1 N–H and O–H groups in total. The van der Waals surface area contributed by atoms with Crippen molar-refractivity contribution >= 4 is 5.91 Å². The standard InChI is InChI=1S/C20H21N5O2/c26-20(17-7-5-15(6-8-17)13-25-14-22-23-24-25)21-12-16-9-10-27-19-4-2-1-3-18(19)11-16/h1-8,14,16H,9-13H2,(H,21,26)/t16-/m0/s1. The lowest BCUT2D eigenvalue weighted by molar-refractivity contribution is 0.0945. The summed E-state index contributed by atoms with van der Waals surface area (Å²) >= 11 is 0. The van der Waals surface area contributed by atoms with Crippen LogP contribution in [0.2, 0.25) is 0 Å². The number of benzene rings is 2. The lowest BCUT2D eigenvalue weighted by Crippen LogP contribution is -2.30. The Labute approximate surface area is 157 Å². The van der Waals surface area contributed by atoms with Gasteiger partial charge in [0.25, 0.3) is 5.91 Å². The van der Waals surface area contributed by atoms with Gasteiger partial charge in [-0.3, -0.25) is 4.79 Å². The first kappa shape index (κ1) is 17.2. The first-order valence-corrected chi connectivity index (χ1v) is 9.06. The van der Waals surface area contributed by atoms with Crippen molar-refractivity contribution in [2.45, 2.75) is 19.4 Å². The third-order valence-electron chi connectivity index (χ3n) is 4.77. The molecule has 1 aliphatic heterocycles. The monoisotopic (exact) mass is 363 g/mol. The molecule has 7 nitrogen and oxygen atoms in total. The number of nitrogens with zero attached hydrogens (tertiary/aromatic N) is 4. The van der Waals surface area contributed by atoms with Crippen molar-refractivity contribution in [3.05, 3.63) is 71.5 Å². The van der Waals surface area contributed by atoms with E-state index in [9.17, 15) is 4.79 Å². The average Bonchev–Trinajstić information content (AvgIpc) is 3.11. The van der Waals surface area contributed by atoms with E-state index in [1.54, 1.807) is 11.0 Å². The molecule has 1 aliphatic rings. The van der Waals surface area contributed by atoms with Crippen LogP contribution in [0, 0.1) is 5.92 Å². The Morgan fingerprint density at radius 1 is 1.19 bits per heavy atom. The number of carbonyl (C=O) groups excluding carboxylic acids is 1. The molecule has 0 saturated heterocycles. The first-order chi connectivity index (χ1) is 13.3. The highest BCUT2D eigenvalue weighted by molar-refractivity contribution is 5.94. The van der Waals surface area contributed by atoms with Crippen LogP contribution in [-0.2, 0) is 13.0 Å². The molecule has 2 heterocycles. The molecule has 0 fully saturated rings. The van der Waals surface area contributed by atoms with Crippen molar-refractivity contribution in [3.63, 3.8) is 0 Å². The third kappa shape index (κ3) is 4.31. The maximum atomic E-state index is 12.5. The van der Waals surface area contributed by atoms with Crippen LogP contribution in [0.15, 0.2) is 54.9 Å². The predicted octanol–water partition coefficient (Wildman–Crippen LogP) is 2.09. The van der Waals surface area contributed by atoms with Crippen molar-refractivity contribution in [3.8, 4) is 5.75 Å². The second-order valence-corrected chi connectivity index (χ2v) is 6.73. The highest BCUT2D eigenvalue weighted by atomic mass is 16.5. The number of para-hydroxylation sites is 1. The van der Waals surface area contributed by atoms with Gasteiger partial charge in [-0.05, 0) is 58.5 Å². The molecule has 1 aromatic heterocycles. The van der Waals surface area contributed by atoms with Crippen molar-refractivity contribution < 1.29 is 9.53 Å². The van der Waals surface area contributed by atoms with Gasteiger partial charge in [0.2, 0.25) is 0 Å². The highest BCUT2D eigenvalue weighted by Gasteiger charge is 2.18. The van der Waals surface area contributed by atoms with Crippen LogP contribution in [0.1, 0.15) is 27.9 Å². The summed E-state index contributed by atoms with van der Waals surface area (Å²) in [7, 11) is 0. The average molecular weight is 363 g/mol. The van der Waals surface area contributed by atoms with Crippen LogP contribution in [0.3, 0.4) is 0 Å². The van der Waals surface area contributed by atoms with Crippen LogP contribution >= 0.6 is 0 Å². The Kier molecular flexibility index (Phi) is 5.09. The molecule has 0 bridgehead atoms. The number of rotatable bonds is 5. The maximum absolute atomic E-state index is 12.5. The third-order valence-corrected chi connectivity index (χ3v) is 4.77. The van der Waals surface area contributed by atoms with Gasteiger partial charge in [0.1, 0.15) is 12.1 Å². The summed E-state index contributed by atoms with van der Waals surface area (Å²) in [6.45, 7) is 1.91. The molecule has 138 valence electrons. The highest BCUT2D eigenvalue weighted by Crippen LogP contribution is 2.26. The molecule has 2 aromatic carbocycles. The van der Waals surface area contributed by atoms with E-state index < -0.39 is 0 Å². The molecular formula is C20H21N5O2. The van der Waals surface area contributed by atoms with Gasteiger partial charge in [-0.15, -0.1) is 5.10 Å². The number of nitrogens with one attached hydrogen (secondary N) is 1. The zero-order valence-electron chi connectivity index (χ0n) is 14.9. The fourth-order valence-corrected chi connectivity index (χ4v) is 3.28. The number of tetrazole rings is 1. The van der Waals surface area contributed by atoms with Crippen molar-refractivity contribution in [1.29, 1.82) is 0 Å². The van der Waals surface area contributed by atoms with Gasteiger partial charge in [-0.25, -0.2) is 4.68 Å². The fourth-order valence-electron chi connectivity index (χ4n) is 3.28. The molecule has 1 atom stereocenters. The minimum atomic E-state index is -0.0533. The first-order valence-electron chi connectivity index (χ1n) is 9.06. The van der Waals surface area contributed by atoms with E-state index in [-0.39, 0.29) is 5.91 Å². The van der Waals surface area contributed by atoms with E-state index in [0.717, 1.165) is 24.2 Å². The van der Waals surface area contributed by atoms with E-state index in [0.29, 0.717) is 31.2 Å². The second-order valence-electron chi connectivity index (χ2n) is 6.73. The zero-order chi connectivity index (χ0) is 18.5. The van der Waals surface area contributed by atoms with E-state index >= 15 is 0 Å². The van der Waals surface area contributed by atoms with Crippen molar-refractivity contribution in [2.24, 2.45) is 5.92 Å². The van der Waals surface area contributed by atoms with Gasteiger partial charge in [-0.2, -0.15) is 0 Å². The summed E-state index contributed by atoms with van der Waals surface area (Å²) < 4.78 is 7.44. The van der Waals surface area contributed by atoms with Gasteiger partial charge < -0.3 is 10.1 Å². The molecule has 0 aliphatic carbocycles. The molecular weight excluding hydrogens is 342 g/mol. The molecule has 0 radical (unpaired) electrons. The quantitative estimate of drug-likeness (QED) is 0.751. The van der Waals surface area contributed by atoms with Crippen LogP contribution < -0.4 is 10.1 Å². The van der Waals surface area contributed by atoms with Crippen LogP contribution in [0.25, 0.3) is 0 Å². The van der Waals surface area contributed by atoms with E-state index in [1.807, 2.05) is 42.5 Å². The van der Waals surface area contributed by atoms with Gasteiger partial charge in [0.15, 0.2) is 0 Å². The molecule has 0 unspecified atom stereocenters. The molecule has 7 heteroatoms. The number of ether oxygens (including phenoxy) is 1. The van der Waals surface area contributed by atoms with Gasteiger partial charge in [0, 0.05) is 12.1 Å². The summed E-state index contributed by atoms with van der Waals surface area (Å²) in [4.78, 5) is 12.5. The van der Waals surface area contributed by atoms with Gasteiger partial charge in [0.05, 0.1) is 13.2 Å². The predicted molar refractivity (Wildman–Crippen MR) is 99.4 cm³/mol. The van der Waals surface area contributed by atoms with E-state index in [2.05, 4.69) is 26.9 Å². The van der Waals surface area contributed by atoms with Gasteiger partial charge >= 0.3 is 0 Å². The SMILES string of the molecule is O=C(NC[C@H]1CCOc2ccccc2C1)c1ccc(Cn2cnnn2)cc1. The number of amides is 1. The lowest BCUT2D eigenvalue weighted by Gasteiger charge is -2.14. The fraction of sp³-hybridized carbons (Fsp3) is 0.300. The van der Waals surface area contributed by atoms with Crippen molar-refractivity contribution in [2.75, 3.05) is 13.2 Å². The summed E-state index contributed by atoms with van der Waals surface area (Å²) in [5.41, 5.74) is 2.90. The zero-order valence-corrected chi connectivity index (χ0v) is 14.9. The van der Waals surface area contributed by atoms with Crippen LogP contribution in [-0.4, -0.2) is 39.3 Å². The molecule has 4 rings (SSSR count).